The van der Waals surface area contributed by atoms with Crippen LogP contribution in [0.3, 0.4) is 0 Å². The smallest absolute Gasteiger partial charge is 0.0565 e. The fourth-order valence-electron chi connectivity index (χ4n) is 1.58. The number of nitrogens with two attached hydrogens (primary N) is 1. The summed E-state index contributed by atoms with van der Waals surface area (Å²) in [5, 5.41) is 9.40. The topological polar surface area (TPSA) is 46.2 Å². The van der Waals surface area contributed by atoms with Crippen molar-refractivity contribution in [2.75, 3.05) is 6.61 Å². The molecular weight excluding hydrogens is 218 g/mol. The molecule has 2 unspecified atom stereocenters. The summed E-state index contributed by atoms with van der Waals surface area (Å²) >= 11 is 1.74. The molecule has 0 saturated carbocycles. The van der Waals surface area contributed by atoms with Gasteiger partial charge in [-0.25, -0.2) is 0 Å². The van der Waals surface area contributed by atoms with Gasteiger partial charge in [0.05, 0.1) is 6.61 Å². The predicted octanol–water partition coefficient (Wildman–Crippen LogP) is 2.33. The molecule has 0 aromatic heterocycles. The lowest BCUT2D eigenvalue weighted by atomic mass is 10.2. The summed E-state index contributed by atoms with van der Waals surface area (Å²) < 4.78 is 0. The molecule has 90 valence electrons. The zero-order valence-corrected chi connectivity index (χ0v) is 10.8. The first kappa shape index (κ1) is 13.6. The van der Waals surface area contributed by atoms with Crippen molar-refractivity contribution >= 4 is 11.8 Å². The zero-order chi connectivity index (χ0) is 12.0. The molecule has 0 aliphatic rings. The molecule has 0 aliphatic heterocycles. The van der Waals surface area contributed by atoms with E-state index < -0.39 is 0 Å². The van der Waals surface area contributed by atoms with E-state index in [0.717, 1.165) is 12.2 Å². The van der Waals surface area contributed by atoms with Gasteiger partial charge < -0.3 is 10.8 Å². The summed E-state index contributed by atoms with van der Waals surface area (Å²) in [6, 6.07) is 8.54. The van der Waals surface area contributed by atoms with E-state index in [4.69, 9.17) is 5.73 Å². The third-order valence-electron chi connectivity index (χ3n) is 2.68. The van der Waals surface area contributed by atoms with Crippen LogP contribution in [0.5, 0.6) is 0 Å². The second kappa shape index (κ2) is 6.94. The van der Waals surface area contributed by atoms with Crippen molar-refractivity contribution in [2.24, 2.45) is 5.73 Å². The number of hydrogen-bond acceptors (Lipinski definition) is 3. The Kier molecular flexibility index (Phi) is 5.88. The van der Waals surface area contributed by atoms with Crippen molar-refractivity contribution in [3.8, 4) is 0 Å². The van der Waals surface area contributed by atoms with Gasteiger partial charge in [-0.05, 0) is 18.9 Å². The van der Waals surface area contributed by atoms with Crippen molar-refractivity contribution < 1.29 is 5.11 Å². The van der Waals surface area contributed by atoms with Gasteiger partial charge >= 0.3 is 0 Å². The molecule has 0 spiro atoms. The van der Waals surface area contributed by atoms with Crippen LogP contribution in [0.15, 0.2) is 24.3 Å². The van der Waals surface area contributed by atoms with Crippen LogP contribution in [0.25, 0.3) is 0 Å². The highest BCUT2D eigenvalue weighted by molar-refractivity contribution is 7.99. The fraction of sp³-hybridized carbons (Fsp3) is 0.538. The van der Waals surface area contributed by atoms with Crippen LogP contribution in [0.1, 0.15) is 24.5 Å². The third kappa shape index (κ3) is 4.16. The molecule has 2 atom stereocenters. The summed E-state index contributed by atoms with van der Waals surface area (Å²) in [7, 11) is 0. The molecule has 0 aliphatic carbocycles. The maximum atomic E-state index is 9.26. The zero-order valence-electron chi connectivity index (χ0n) is 10.0. The Morgan fingerprint density at radius 1 is 1.44 bits per heavy atom. The first-order valence-corrected chi connectivity index (χ1v) is 6.75. The maximum Gasteiger partial charge on any atom is 0.0565 e. The molecule has 1 aromatic carbocycles. The molecule has 0 heterocycles. The molecule has 2 nitrogen and oxygen atoms in total. The minimum atomic E-state index is 0.0832. The minimum Gasteiger partial charge on any atom is -0.395 e. The van der Waals surface area contributed by atoms with Gasteiger partial charge in [-0.15, -0.1) is 11.8 Å². The van der Waals surface area contributed by atoms with E-state index in [1.807, 2.05) is 0 Å². The second-order valence-electron chi connectivity index (χ2n) is 4.09. The molecule has 16 heavy (non-hydrogen) atoms. The van der Waals surface area contributed by atoms with E-state index in [1.165, 1.54) is 11.1 Å². The van der Waals surface area contributed by atoms with Crippen molar-refractivity contribution in [3.63, 3.8) is 0 Å². The van der Waals surface area contributed by atoms with Gasteiger partial charge in [-0.2, -0.15) is 0 Å². The lowest BCUT2D eigenvalue weighted by molar-refractivity contribution is 0.281. The van der Waals surface area contributed by atoms with E-state index >= 15 is 0 Å². The first-order chi connectivity index (χ1) is 7.67. The summed E-state index contributed by atoms with van der Waals surface area (Å²) in [5.74, 6) is 0.917. The van der Waals surface area contributed by atoms with E-state index in [0.29, 0.717) is 0 Å². The van der Waals surface area contributed by atoms with Crippen LogP contribution in [0.2, 0.25) is 0 Å². The Labute approximate surface area is 102 Å². The first-order valence-electron chi connectivity index (χ1n) is 5.71. The average Bonchev–Trinajstić information content (AvgIpc) is 2.29. The monoisotopic (exact) mass is 239 g/mol. The minimum absolute atomic E-state index is 0.0832. The van der Waals surface area contributed by atoms with Gasteiger partial charge in [0.1, 0.15) is 0 Å². The van der Waals surface area contributed by atoms with Crippen LogP contribution in [-0.2, 0) is 5.75 Å². The van der Waals surface area contributed by atoms with Gasteiger partial charge in [0, 0.05) is 17.0 Å². The van der Waals surface area contributed by atoms with Gasteiger partial charge in [-0.3, -0.25) is 0 Å². The third-order valence-corrected chi connectivity index (χ3v) is 4.10. The summed E-state index contributed by atoms with van der Waals surface area (Å²) in [6.45, 7) is 4.31. The van der Waals surface area contributed by atoms with Crippen molar-refractivity contribution in [2.45, 2.75) is 37.3 Å². The highest BCUT2D eigenvalue weighted by Gasteiger charge is 2.15. The van der Waals surface area contributed by atoms with E-state index in [1.54, 1.807) is 11.8 Å². The SMILES string of the molecule is CCC(N)C(CO)SCc1cccc(C)c1. The standard InChI is InChI=1S/C13H21NOS/c1-3-12(14)13(8-15)16-9-11-6-4-5-10(2)7-11/h4-7,12-13,15H,3,8-9,14H2,1-2H3. The number of aryl methyl sites for hydroxylation is 1. The molecule has 3 N–H and O–H groups in total. The molecule has 0 fully saturated rings. The lowest BCUT2D eigenvalue weighted by Gasteiger charge is -2.20. The molecule has 3 heteroatoms. The Morgan fingerprint density at radius 2 is 2.19 bits per heavy atom. The molecule has 0 saturated heterocycles. The molecule has 1 aromatic rings. The average molecular weight is 239 g/mol. The van der Waals surface area contributed by atoms with E-state index in [9.17, 15) is 5.11 Å². The summed E-state index contributed by atoms with van der Waals surface area (Å²) in [4.78, 5) is 0. The maximum absolute atomic E-state index is 9.26. The summed E-state index contributed by atoms with van der Waals surface area (Å²) in [5.41, 5.74) is 8.52. The Morgan fingerprint density at radius 3 is 2.75 bits per heavy atom. The number of aliphatic hydroxyl groups excluding tert-OH is 1. The number of hydrogen-bond donors (Lipinski definition) is 2. The van der Waals surface area contributed by atoms with Crippen molar-refractivity contribution in [1.29, 1.82) is 0 Å². The van der Waals surface area contributed by atoms with Crippen LogP contribution in [0, 0.1) is 6.92 Å². The van der Waals surface area contributed by atoms with Gasteiger partial charge in [-0.1, -0.05) is 36.8 Å². The lowest BCUT2D eigenvalue weighted by Crippen LogP contribution is -2.34. The normalized spacial score (nSPS) is 14.8. The predicted molar refractivity (Wildman–Crippen MR) is 71.6 cm³/mol. The Bertz CT molecular complexity index is 317. The van der Waals surface area contributed by atoms with E-state index in [-0.39, 0.29) is 17.9 Å². The second-order valence-corrected chi connectivity index (χ2v) is 5.32. The van der Waals surface area contributed by atoms with Crippen LogP contribution in [-0.4, -0.2) is 23.0 Å². The number of thioether (sulfide) groups is 1. The molecule has 0 radical (unpaired) electrons. The van der Waals surface area contributed by atoms with Crippen molar-refractivity contribution in [1.82, 2.24) is 0 Å². The quantitative estimate of drug-likeness (QED) is 0.801. The van der Waals surface area contributed by atoms with E-state index in [2.05, 4.69) is 38.1 Å². The van der Waals surface area contributed by atoms with Gasteiger partial charge in [0.25, 0.3) is 0 Å². The largest absolute Gasteiger partial charge is 0.395 e. The number of rotatable bonds is 6. The van der Waals surface area contributed by atoms with Crippen molar-refractivity contribution in [3.05, 3.63) is 35.4 Å². The Hall–Kier alpha value is -0.510. The van der Waals surface area contributed by atoms with Crippen LogP contribution >= 0.6 is 11.8 Å². The Balaban J connectivity index is 2.49. The van der Waals surface area contributed by atoms with Crippen LogP contribution < -0.4 is 5.73 Å². The molecule has 1 rings (SSSR count). The number of aliphatic hydroxyl groups is 1. The molecular formula is C13H21NOS. The highest BCUT2D eigenvalue weighted by atomic mass is 32.2. The van der Waals surface area contributed by atoms with Gasteiger partial charge in [0.2, 0.25) is 0 Å². The highest BCUT2D eigenvalue weighted by Crippen LogP contribution is 2.21. The molecule has 0 amide bonds. The summed E-state index contributed by atoms with van der Waals surface area (Å²) in [6.07, 6.45) is 0.909. The van der Waals surface area contributed by atoms with Gasteiger partial charge in [0.15, 0.2) is 0 Å². The fourth-order valence-corrected chi connectivity index (χ4v) is 2.71. The van der Waals surface area contributed by atoms with Crippen LogP contribution in [0.4, 0.5) is 0 Å². The number of benzene rings is 1. The molecule has 0 bridgehead atoms.